The zero-order chi connectivity index (χ0) is 14.7. The van der Waals surface area contributed by atoms with E-state index in [2.05, 4.69) is 0 Å². The Labute approximate surface area is 113 Å². The van der Waals surface area contributed by atoms with Crippen LogP contribution < -0.4 is 4.74 Å². The molecule has 6 heteroatoms. The molecule has 0 saturated carbocycles. The molecule has 0 bridgehead atoms. The molecular formula is C14H11F2NO3. The molecule has 0 heterocycles. The predicted molar refractivity (Wildman–Crippen MR) is 68.5 cm³/mol. The Morgan fingerprint density at radius 2 is 1.90 bits per heavy atom. The summed E-state index contributed by atoms with van der Waals surface area (Å²) in [5.41, 5.74) is -0.422. The normalized spacial score (nSPS) is 10.3. The van der Waals surface area contributed by atoms with Crippen molar-refractivity contribution in [3.63, 3.8) is 0 Å². The molecule has 4 nitrogen and oxygen atoms in total. The quantitative estimate of drug-likeness (QED) is 0.632. The third-order valence-corrected chi connectivity index (χ3v) is 2.81. The highest BCUT2D eigenvalue weighted by molar-refractivity contribution is 5.46. The molecule has 2 rings (SSSR count). The second-order valence-corrected chi connectivity index (χ2v) is 4.18. The first-order chi connectivity index (χ1) is 9.50. The molecule has 0 radical (unpaired) electrons. The van der Waals surface area contributed by atoms with Crippen LogP contribution in [0.2, 0.25) is 0 Å². The summed E-state index contributed by atoms with van der Waals surface area (Å²) in [5.74, 6) is -2.51. The standard InChI is InChI=1S/C14H11F2NO3/c1-9-12(20-8-10-5-3-2-4-6-10)7-11(15)14(13(9)16)17(18)19/h2-7H,8H2,1H3. The molecular weight excluding hydrogens is 268 g/mol. The summed E-state index contributed by atoms with van der Waals surface area (Å²) >= 11 is 0. The number of hydrogen-bond donors (Lipinski definition) is 0. The fraction of sp³-hybridized carbons (Fsp3) is 0.143. The molecule has 0 saturated heterocycles. The number of benzene rings is 2. The third kappa shape index (κ3) is 2.74. The maximum atomic E-state index is 13.7. The lowest BCUT2D eigenvalue weighted by Crippen LogP contribution is -2.03. The van der Waals surface area contributed by atoms with Crippen LogP contribution in [-0.4, -0.2) is 4.92 Å². The average Bonchev–Trinajstić information content (AvgIpc) is 2.42. The highest BCUT2D eigenvalue weighted by Crippen LogP contribution is 2.31. The van der Waals surface area contributed by atoms with Gasteiger partial charge in [-0.1, -0.05) is 30.3 Å². The van der Waals surface area contributed by atoms with Gasteiger partial charge < -0.3 is 4.74 Å². The summed E-state index contributed by atoms with van der Waals surface area (Å²) in [4.78, 5) is 9.49. The van der Waals surface area contributed by atoms with Crippen molar-refractivity contribution in [2.75, 3.05) is 0 Å². The molecule has 0 atom stereocenters. The molecule has 0 amide bonds. The molecule has 0 N–H and O–H groups in total. The Balaban J connectivity index is 2.28. The topological polar surface area (TPSA) is 52.4 Å². The van der Waals surface area contributed by atoms with Crippen LogP contribution in [0.3, 0.4) is 0 Å². The van der Waals surface area contributed by atoms with E-state index in [-0.39, 0.29) is 17.9 Å². The lowest BCUT2D eigenvalue weighted by molar-refractivity contribution is -0.390. The van der Waals surface area contributed by atoms with Gasteiger partial charge in [-0.3, -0.25) is 10.1 Å². The highest BCUT2D eigenvalue weighted by Gasteiger charge is 2.25. The Morgan fingerprint density at radius 1 is 1.25 bits per heavy atom. The van der Waals surface area contributed by atoms with E-state index in [4.69, 9.17) is 4.74 Å². The number of nitrogens with zero attached hydrogens (tertiary/aromatic N) is 1. The smallest absolute Gasteiger partial charge is 0.340 e. The van der Waals surface area contributed by atoms with Gasteiger partial charge in [-0.2, -0.15) is 8.78 Å². The van der Waals surface area contributed by atoms with Crippen molar-refractivity contribution in [1.29, 1.82) is 0 Å². The van der Waals surface area contributed by atoms with E-state index in [0.717, 1.165) is 11.6 Å². The van der Waals surface area contributed by atoms with Crippen LogP contribution in [0.5, 0.6) is 5.75 Å². The van der Waals surface area contributed by atoms with Crippen molar-refractivity contribution in [3.8, 4) is 5.75 Å². The van der Waals surface area contributed by atoms with E-state index in [1.54, 1.807) is 12.1 Å². The second-order valence-electron chi connectivity index (χ2n) is 4.18. The van der Waals surface area contributed by atoms with Gasteiger partial charge in [0.05, 0.1) is 4.92 Å². The first kappa shape index (κ1) is 13.9. The van der Waals surface area contributed by atoms with E-state index >= 15 is 0 Å². The fourth-order valence-electron chi connectivity index (χ4n) is 1.73. The molecule has 104 valence electrons. The van der Waals surface area contributed by atoms with E-state index in [9.17, 15) is 18.9 Å². The summed E-state index contributed by atoms with van der Waals surface area (Å²) in [6.45, 7) is 1.43. The summed E-state index contributed by atoms with van der Waals surface area (Å²) in [7, 11) is 0. The van der Waals surface area contributed by atoms with Gasteiger partial charge in [-0.25, -0.2) is 0 Å². The van der Waals surface area contributed by atoms with Crippen LogP contribution in [-0.2, 0) is 6.61 Å². The Morgan fingerprint density at radius 3 is 2.50 bits per heavy atom. The number of nitro benzene ring substituents is 1. The summed E-state index contributed by atoms with van der Waals surface area (Å²) in [5, 5.41) is 10.6. The molecule has 0 aliphatic rings. The molecule has 2 aromatic rings. The van der Waals surface area contributed by atoms with E-state index in [1.807, 2.05) is 18.2 Å². The van der Waals surface area contributed by atoms with Crippen molar-refractivity contribution in [2.24, 2.45) is 0 Å². The lowest BCUT2D eigenvalue weighted by Gasteiger charge is -2.10. The van der Waals surface area contributed by atoms with Gasteiger partial charge >= 0.3 is 5.69 Å². The van der Waals surface area contributed by atoms with Crippen LogP contribution in [0.15, 0.2) is 36.4 Å². The van der Waals surface area contributed by atoms with Gasteiger partial charge in [0, 0.05) is 11.6 Å². The number of ether oxygens (including phenoxy) is 1. The molecule has 0 spiro atoms. The van der Waals surface area contributed by atoms with Crippen LogP contribution in [0.4, 0.5) is 14.5 Å². The van der Waals surface area contributed by atoms with Crippen LogP contribution in [0.1, 0.15) is 11.1 Å². The average molecular weight is 279 g/mol. The largest absolute Gasteiger partial charge is 0.488 e. The maximum absolute atomic E-state index is 13.7. The van der Waals surface area contributed by atoms with Crippen molar-refractivity contribution in [1.82, 2.24) is 0 Å². The van der Waals surface area contributed by atoms with E-state index < -0.39 is 22.2 Å². The second kappa shape index (κ2) is 5.64. The van der Waals surface area contributed by atoms with Crippen LogP contribution in [0, 0.1) is 28.7 Å². The van der Waals surface area contributed by atoms with Crippen molar-refractivity contribution < 1.29 is 18.4 Å². The Hall–Kier alpha value is -2.50. The molecule has 20 heavy (non-hydrogen) atoms. The first-order valence-electron chi connectivity index (χ1n) is 5.80. The van der Waals surface area contributed by atoms with Gasteiger partial charge in [-0.05, 0) is 12.5 Å². The highest BCUT2D eigenvalue weighted by atomic mass is 19.1. The zero-order valence-electron chi connectivity index (χ0n) is 10.6. The van der Waals surface area contributed by atoms with Gasteiger partial charge in [0.15, 0.2) is 0 Å². The number of rotatable bonds is 4. The Kier molecular flexibility index (Phi) is 3.93. The minimum atomic E-state index is -1.25. The SMILES string of the molecule is Cc1c(OCc2ccccc2)cc(F)c([N+](=O)[O-])c1F. The number of halogens is 2. The first-order valence-corrected chi connectivity index (χ1v) is 5.80. The third-order valence-electron chi connectivity index (χ3n) is 2.81. The molecule has 0 unspecified atom stereocenters. The van der Waals surface area contributed by atoms with Gasteiger partial charge in [0.25, 0.3) is 0 Å². The van der Waals surface area contributed by atoms with Crippen molar-refractivity contribution in [2.45, 2.75) is 13.5 Å². The monoisotopic (exact) mass is 279 g/mol. The van der Waals surface area contributed by atoms with Gasteiger partial charge in [0.2, 0.25) is 11.6 Å². The van der Waals surface area contributed by atoms with E-state index in [1.165, 1.54) is 6.92 Å². The van der Waals surface area contributed by atoms with Crippen molar-refractivity contribution in [3.05, 3.63) is 69.3 Å². The zero-order valence-corrected chi connectivity index (χ0v) is 10.6. The molecule has 0 fully saturated rings. The number of hydrogen-bond acceptors (Lipinski definition) is 3. The minimum Gasteiger partial charge on any atom is -0.488 e. The number of nitro groups is 1. The predicted octanol–water partition coefficient (Wildman–Crippen LogP) is 3.76. The minimum absolute atomic E-state index is 0.0468. The summed E-state index contributed by atoms with van der Waals surface area (Å²) in [6, 6.07) is 9.88. The van der Waals surface area contributed by atoms with Gasteiger partial charge in [0.1, 0.15) is 12.4 Å². The lowest BCUT2D eigenvalue weighted by atomic mass is 10.1. The molecule has 0 aliphatic heterocycles. The van der Waals surface area contributed by atoms with Gasteiger partial charge in [-0.15, -0.1) is 0 Å². The van der Waals surface area contributed by atoms with E-state index in [0.29, 0.717) is 0 Å². The van der Waals surface area contributed by atoms with Crippen molar-refractivity contribution >= 4 is 5.69 Å². The molecule has 2 aromatic carbocycles. The van der Waals surface area contributed by atoms with Crippen LogP contribution >= 0.6 is 0 Å². The molecule has 0 aliphatic carbocycles. The Bertz CT molecular complexity index is 645. The summed E-state index contributed by atoms with van der Waals surface area (Å²) in [6.07, 6.45) is 0. The van der Waals surface area contributed by atoms with Crippen LogP contribution in [0.25, 0.3) is 0 Å². The maximum Gasteiger partial charge on any atom is 0.340 e. The fourth-order valence-corrected chi connectivity index (χ4v) is 1.73. The summed E-state index contributed by atoms with van der Waals surface area (Å²) < 4.78 is 32.6. The molecule has 0 aromatic heterocycles.